The average molecular weight is 300 g/mol. The standard InChI is InChI=1S/C15H9FN2O4/c1-8-6-12(13(18(21)22)7-11(8)16)17-14(19)9-4-2-3-5-10(9)15(17)20/h2-7H,1H3. The first-order valence-electron chi connectivity index (χ1n) is 6.34. The van der Waals surface area contributed by atoms with Gasteiger partial charge in [0.05, 0.1) is 22.1 Å². The van der Waals surface area contributed by atoms with Crippen LogP contribution in [-0.2, 0) is 0 Å². The minimum absolute atomic E-state index is 0.108. The fraction of sp³-hybridized carbons (Fsp3) is 0.0667. The zero-order valence-electron chi connectivity index (χ0n) is 11.4. The van der Waals surface area contributed by atoms with Crippen LogP contribution in [-0.4, -0.2) is 16.7 Å². The molecule has 0 saturated carbocycles. The van der Waals surface area contributed by atoms with E-state index in [4.69, 9.17) is 0 Å². The Balaban J connectivity index is 2.22. The van der Waals surface area contributed by atoms with Gasteiger partial charge in [0.2, 0.25) is 0 Å². The van der Waals surface area contributed by atoms with Crippen molar-refractivity contribution in [2.75, 3.05) is 4.90 Å². The van der Waals surface area contributed by atoms with Crippen molar-refractivity contribution in [1.29, 1.82) is 0 Å². The van der Waals surface area contributed by atoms with Gasteiger partial charge < -0.3 is 0 Å². The average Bonchev–Trinajstić information content (AvgIpc) is 2.74. The summed E-state index contributed by atoms with van der Waals surface area (Å²) in [4.78, 5) is 35.8. The van der Waals surface area contributed by atoms with E-state index in [9.17, 15) is 24.1 Å². The van der Waals surface area contributed by atoms with Crippen LogP contribution >= 0.6 is 0 Å². The highest BCUT2D eigenvalue weighted by atomic mass is 19.1. The number of hydrogen-bond donors (Lipinski definition) is 0. The molecule has 1 aliphatic heterocycles. The predicted molar refractivity (Wildman–Crippen MR) is 75.4 cm³/mol. The Bertz CT molecular complexity index is 812. The smallest absolute Gasteiger partial charge is 0.268 e. The summed E-state index contributed by atoms with van der Waals surface area (Å²) in [5.74, 6) is -2.09. The molecule has 0 spiro atoms. The van der Waals surface area contributed by atoms with Crippen LogP contribution in [0.3, 0.4) is 0 Å². The largest absolute Gasteiger partial charge is 0.296 e. The molecule has 0 aromatic heterocycles. The second-order valence-corrected chi connectivity index (χ2v) is 4.84. The summed E-state index contributed by atoms with van der Waals surface area (Å²) in [7, 11) is 0. The summed E-state index contributed by atoms with van der Waals surface area (Å²) in [6.07, 6.45) is 0. The number of nitro groups is 1. The van der Waals surface area contributed by atoms with Gasteiger partial charge in [0.1, 0.15) is 11.5 Å². The lowest BCUT2D eigenvalue weighted by molar-refractivity contribution is -0.384. The summed E-state index contributed by atoms with van der Waals surface area (Å²) in [5, 5.41) is 11.1. The Morgan fingerprint density at radius 2 is 1.64 bits per heavy atom. The van der Waals surface area contributed by atoms with E-state index in [0.717, 1.165) is 11.0 Å². The van der Waals surface area contributed by atoms with E-state index >= 15 is 0 Å². The van der Waals surface area contributed by atoms with Gasteiger partial charge >= 0.3 is 0 Å². The third-order valence-electron chi connectivity index (χ3n) is 3.49. The van der Waals surface area contributed by atoms with Crippen molar-refractivity contribution in [3.63, 3.8) is 0 Å². The Hall–Kier alpha value is -3.09. The van der Waals surface area contributed by atoms with Crippen LogP contribution in [0.2, 0.25) is 0 Å². The number of anilines is 1. The molecule has 22 heavy (non-hydrogen) atoms. The molecule has 1 aliphatic rings. The summed E-state index contributed by atoms with van der Waals surface area (Å²) < 4.78 is 13.6. The topological polar surface area (TPSA) is 80.5 Å². The number of nitro benzene ring substituents is 1. The van der Waals surface area contributed by atoms with Gasteiger partial charge in [0.25, 0.3) is 17.5 Å². The van der Waals surface area contributed by atoms with Crippen LogP contribution in [0.1, 0.15) is 26.3 Å². The number of carbonyl (C=O) groups excluding carboxylic acids is 2. The van der Waals surface area contributed by atoms with Crippen LogP contribution in [0.15, 0.2) is 36.4 Å². The van der Waals surface area contributed by atoms with E-state index in [1.165, 1.54) is 19.1 Å². The number of aryl methyl sites for hydroxylation is 1. The lowest BCUT2D eigenvalue weighted by atomic mass is 10.1. The number of hydrogen-bond acceptors (Lipinski definition) is 4. The number of amides is 2. The fourth-order valence-electron chi connectivity index (χ4n) is 2.39. The molecule has 6 nitrogen and oxygen atoms in total. The van der Waals surface area contributed by atoms with Gasteiger partial charge in [-0.15, -0.1) is 0 Å². The maximum absolute atomic E-state index is 13.6. The molecule has 2 amide bonds. The molecule has 2 aromatic carbocycles. The summed E-state index contributed by atoms with van der Waals surface area (Å²) >= 11 is 0. The van der Waals surface area contributed by atoms with Crippen LogP contribution in [0, 0.1) is 22.9 Å². The number of carbonyl (C=O) groups is 2. The molecule has 2 aromatic rings. The molecule has 1 heterocycles. The Morgan fingerprint density at radius 1 is 1.09 bits per heavy atom. The minimum atomic E-state index is -0.818. The molecule has 0 atom stereocenters. The maximum atomic E-state index is 13.6. The summed E-state index contributed by atoms with van der Waals surface area (Å²) in [6, 6.07) is 7.98. The molecule has 7 heteroatoms. The third-order valence-corrected chi connectivity index (χ3v) is 3.49. The van der Waals surface area contributed by atoms with Crippen LogP contribution in [0.4, 0.5) is 15.8 Å². The minimum Gasteiger partial charge on any atom is -0.268 e. The van der Waals surface area contributed by atoms with Crippen molar-refractivity contribution in [2.24, 2.45) is 0 Å². The first-order valence-corrected chi connectivity index (χ1v) is 6.34. The molecule has 110 valence electrons. The van der Waals surface area contributed by atoms with Crippen molar-refractivity contribution in [1.82, 2.24) is 0 Å². The van der Waals surface area contributed by atoms with Crippen molar-refractivity contribution in [3.05, 3.63) is 69.0 Å². The Labute approximate surface area is 123 Å². The quantitative estimate of drug-likeness (QED) is 0.485. The zero-order valence-corrected chi connectivity index (χ0v) is 11.4. The second-order valence-electron chi connectivity index (χ2n) is 4.84. The van der Waals surface area contributed by atoms with Crippen molar-refractivity contribution in [3.8, 4) is 0 Å². The summed E-state index contributed by atoms with van der Waals surface area (Å²) in [5.41, 5.74) is -0.405. The maximum Gasteiger partial charge on any atom is 0.296 e. The lowest BCUT2D eigenvalue weighted by Gasteiger charge is -2.15. The molecule has 0 N–H and O–H groups in total. The van der Waals surface area contributed by atoms with E-state index in [1.54, 1.807) is 12.1 Å². The number of imide groups is 1. The van der Waals surface area contributed by atoms with E-state index in [2.05, 4.69) is 0 Å². The fourth-order valence-corrected chi connectivity index (χ4v) is 2.39. The molecule has 0 unspecified atom stereocenters. The Morgan fingerprint density at radius 3 is 2.14 bits per heavy atom. The monoisotopic (exact) mass is 300 g/mol. The molecule has 0 aliphatic carbocycles. The van der Waals surface area contributed by atoms with Gasteiger partial charge in [0, 0.05) is 0 Å². The SMILES string of the molecule is Cc1cc(N2C(=O)c3ccccc3C2=O)c([N+](=O)[O-])cc1F. The Kier molecular flexibility index (Phi) is 2.98. The van der Waals surface area contributed by atoms with Gasteiger partial charge in [-0.3, -0.25) is 19.7 Å². The van der Waals surface area contributed by atoms with Crippen LogP contribution in [0.25, 0.3) is 0 Å². The number of nitrogens with zero attached hydrogens (tertiary/aromatic N) is 2. The first-order chi connectivity index (χ1) is 10.4. The molecule has 0 bridgehead atoms. The van der Waals surface area contributed by atoms with Crippen molar-refractivity contribution in [2.45, 2.75) is 6.92 Å². The van der Waals surface area contributed by atoms with Crippen LogP contribution < -0.4 is 4.90 Å². The molecule has 0 radical (unpaired) electrons. The normalized spacial score (nSPS) is 13.5. The second kappa shape index (κ2) is 4.73. The highest BCUT2D eigenvalue weighted by Gasteiger charge is 2.39. The summed E-state index contributed by atoms with van der Waals surface area (Å²) in [6.45, 7) is 1.40. The molecule has 0 fully saturated rings. The number of halogens is 1. The number of fused-ring (bicyclic) bond motifs is 1. The number of rotatable bonds is 2. The van der Waals surface area contributed by atoms with E-state index in [1.807, 2.05) is 0 Å². The zero-order chi connectivity index (χ0) is 16.0. The number of benzene rings is 2. The van der Waals surface area contributed by atoms with Gasteiger partial charge in [-0.05, 0) is 30.7 Å². The van der Waals surface area contributed by atoms with Crippen molar-refractivity contribution >= 4 is 23.2 Å². The van der Waals surface area contributed by atoms with Gasteiger partial charge in [-0.2, -0.15) is 0 Å². The lowest BCUT2D eigenvalue weighted by Crippen LogP contribution is -2.30. The van der Waals surface area contributed by atoms with Crippen LogP contribution in [0.5, 0.6) is 0 Å². The predicted octanol–water partition coefficient (Wildman–Crippen LogP) is 2.84. The van der Waals surface area contributed by atoms with E-state index in [0.29, 0.717) is 6.07 Å². The highest BCUT2D eigenvalue weighted by Crippen LogP contribution is 2.36. The van der Waals surface area contributed by atoms with Crippen molar-refractivity contribution < 1.29 is 18.9 Å². The van der Waals surface area contributed by atoms with Gasteiger partial charge in [0.15, 0.2) is 0 Å². The third kappa shape index (κ3) is 1.86. The van der Waals surface area contributed by atoms with E-state index in [-0.39, 0.29) is 22.4 Å². The van der Waals surface area contributed by atoms with E-state index < -0.39 is 28.2 Å². The molecular formula is C15H9FN2O4. The van der Waals surface area contributed by atoms with Gasteiger partial charge in [-0.1, -0.05) is 12.1 Å². The molecular weight excluding hydrogens is 291 g/mol. The highest BCUT2D eigenvalue weighted by molar-refractivity contribution is 6.35. The molecule has 3 rings (SSSR count). The first kappa shape index (κ1) is 13.9. The molecule has 0 saturated heterocycles. The van der Waals surface area contributed by atoms with Gasteiger partial charge in [-0.25, -0.2) is 9.29 Å².